The fraction of sp³-hybridized carbons (Fsp3) is 0.556. The van der Waals surface area contributed by atoms with E-state index in [9.17, 15) is 5.11 Å². The number of nitrogens with zero attached hydrogens (tertiary/aromatic N) is 3. The molecule has 1 saturated carbocycles. The van der Waals surface area contributed by atoms with Crippen LogP contribution in [0.4, 0.5) is 0 Å². The summed E-state index contributed by atoms with van der Waals surface area (Å²) in [6, 6.07) is 9.74. The van der Waals surface area contributed by atoms with Crippen molar-refractivity contribution in [2.24, 2.45) is 5.92 Å². The van der Waals surface area contributed by atoms with Crippen molar-refractivity contribution < 1.29 is 9.63 Å². The summed E-state index contributed by atoms with van der Waals surface area (Å²) in [5.41, 5.74) is -0.355. The monoisotopic (exact) mass is 315 g/mol. The summed E-state index contributed by atoms with van der Waals surface area (Å²) in [5.74, 6) is 1.05. The molecule has 1 unspecified atom stereocenters. The molecule has 1 aromatic heterocycles. The highest BCUT2D eigenvalue weighted by Gasteiger charge is 2.45. The largest absolute Gasteiger partial charge is 0.375 e. The van der Waals surface area contributed by atoms with Crippen molar-refractivity contribution in [3.63, 3.8) is 0 Å². The van der Waals surface area contributed by atoms with E-state index in [4.69, 9.17) is 4.52 Å². The first-order valence-electron chi connectivity index (χ1n) is 8.36. The zero-order valence-electron chi connectivity index (χ0n) is 13.9. The first kappa shape index (κ1) is 16.1. The molecule has 1 aliphatic rings. The summed E-state index contributed by atoms with van der Waals surface area (Å²) in [4.78, 5) is 6.49. The molecule has 1 heterocycles. The lowest BCUT2D eigenvalue weighted by atomic mass is 9.73. The average Bonchev–Trinajstić information content (AvgIpc) is 3.04. The van der Waals surface area contributed by atoms with E-state index in [1.807, 2.05) is 49.3 Å². The molecule has 1 fully saturated rings. The van der Waals surface area contributed by atoms with Gasteiger partial charge in [-0.3, -0.25) is 0 Å². The van der Waals surface area contributed by atoms with Gasteiger partial charge in [0.2, 0.25) is 0 Å². The fourth-order valence-corrected chi connectivity index (χ4v) is 3.50. The quantitative estimate of drug-likeness (QED) is 0.919. The summed E-state index contributed by atoms with van der Waals surface area (Å²) in [6.07, 6.45) is 5.47. The Morgan fingerprint density at radius 2 is 1.87 bits per heavy atom. The van der Waals surface area contributed by atoms with Crippen LogP contribution in [0.15, 0.2) is 34.9 Å². The third kappa shape index (κ3) is 3.31. The molecule has 23 heavy (non-hydrogen) atoms. The second-order valence-electron chi connectivity index (χ2n) is 6.72. The lowest BCUT2D eigenvalue weighted by Crippen LogP contribution is -2.38. The Morgan fingerprint density at radius 3 is 2.52 bits per heavy atom. The van der Waals surface area contributed by atoms with Crippen molar-refractivity contribution in [1.29, 1.82) is 0 Å². The molecule has 5 heteroatoms. The molecule has 1 N–H and O–H groups in total. The smallest absolute Gasteiger partial charge is 0.263 e. The van der Waals surface area contributed by atoms with E-state index in [2.05, 4.69) is 10.1 Å². The third-order valence-electron chi connectivity index (χ3n) is 4.66. The van der Waals surface area contributed by atoms with Crippen LogP contribution in [-0.4, -0.2) is 34.2 Å². The highest BCUT2D eigenvalue weighted by molar-refractivity contribution is 5.29. The maximum absolute atomic E-state index is 11.6. The Balaban J connectivity index is 1.99. The van der Waals surface area contributed by atoms with E-state index in [0.717, 1.165) is 31.2 Å². The van der Waals surface area contributed by atoms with Gasteiger partial charge in [-0.1, -0.05) is 54.8 Å². The Bertz CT molecular complexity index is 620. The summed E-state index contributed by atoms with van der Waals surface area (Å²) < 4.78 is 5.50. The van der Waals surface area contributed by atoms with Gasteiger partial charge in [0.25, 0.3) is 5.89 Å². The minimum absolute atomic E-state index is 0.117. The molecule has 124 valence electrons. The summed E-state index contributed by atoms with van der Waals surface area (Å²) in [5, 5.41) is 15.7. The number of hydrogen-bond acceptors (Lipinski definition) is 5. The van der Waals surface area contributed by atoms with Gasteiger partial charge in [-0.25, -0.2) is 0 Å². The second-order valence-corrected chi connectivity index (χ2v) is 6.72. The zero-order chi connectivity index (χ0) is 16.3. The van der Waals surface area contributed by atoms with E-state index in [1.165, 1.54) is 6.42 Å². The number of aromatic nitrogens is 2. The molecule has 1 aromatic carbocycles. The van der Waals surface area contributed by atoms with E-state index in [-0.39, 0.29) is 5.92 Å². The van der Waals surface area contributed by atoms with Crippen LogP contribution in [0.25, 0.3) is 0 Å². The molecular weight excluding hydrogens is 290 g/mol. The molecule has 0 aliphatic heterocycles. The summed E-state index contributed by atoms with van der Waals surface area (Å²) in [6.45, 7) is 0.596. The minimum atomic E-state index is -1.20. The molecule has 2 aromatic rings. The maximum Gasteiger partial charge on any atom is 0.263 e. The van der Waals surface area contributed by atoms with Crippen LogP contribution >= 0.6 is 0 Å². The van der Waals surface area contributed by atoms with Crippen LogP contribution in [0.1, 0.15) is 49.4 Å². The van der Waals surface area contributed by atoms with Gasteiger partial charge in [-0.05, 0) is 32.5 Å². The van der Waals surface area contributed by atoms with Crippen molar-refractivity contribution in [3.8, 4) is 0 Å². The molecule has 0 bridgehead atoms. The van der Waals surface area contributed by atoms with Gasteiger partial charge in [0.1, 0.15) is 0 Å². The van der Waals surface area contributed by atoms with E-state index < -0.39 is 5.60 Å². The van der Waals surface area contributed by atoms with Crippen LogP contribution in [0.3, 0.4) is 0 Å². The van der Waals surface area contributed by atoms with Crippen LogP contribution in [0, 0.1) is 5.92 Å². The van der Waals surface area contributed by atoms with Gasteiger partial charge in [-0.2, -0.15) is 4.98 Å². The first-order chi connectivity index (χ1) is 11.1. The Hall–Kier alpha value is -1.72. The van der Waals surface area contributed by atoms with Crippen molar-refractivity contribution in [2.75, 3.05) is 14.1 Å². The molecule has 1 atom stereocenters. The molecular formula is C18H25N3O2. The van der Waals surface area contributed by atoms with Crippen molar-refractivity contribution in [3.05, 3.63) is 47.6 Å². The molecule has 0 spiro atoms. The third-order valence-corrected chi connectivity index (χ3v) is 4.66. The first-order valence-corrected chi connectivity index (χ1v) is 8.36. The lowest BCUT2D eigenvalue weighted by Gasteiger charge is -2.36. The zero-order valence-corrected chi connectivity index (χ0v) is 13.9. The van der Waals surface area contributed by atoms with Crippen LogP contribution in [0.5, 0.6) is 0 Å². The Morgan fingerprint density at radius 1 is 1.17 bits per heavy atom. The van der Waals surface area contributed by atoms with Crippen molar-refractivity contribution in [1.82, 2.24) is 15.0 Å². The van der Waals surface area contributed by atoms with Gasteiger partial charge in [-0.15, -0.1) is 0 Å². The van der Waals surface area contributed by atoms with E-state index in [0.29, 0.717) is 18.3 Å². The second kappa shape index (κ2) is 6.81. The summed E-state index contributed by atoms with van der Waals surface area (Å²) >= 11 is 0. The number of aliphatic hydroxyl groups is 1. The highest BCUT2D eigenvalue weighted by Crippen LogP contribution is 2.43. The Labute approximate surface area is 137 Å². The molecule has 0 radical (unpaired) electrons. The maximum atomic E-state index is 11.6. The van der Waals surface area contributed by atoms with Gasteiger partial charge in [0.15, 0.2) is 11.4 Å². The SMILES string of the molecule is CN(C)Cc1noc(C(O)(c2ccccc2)C2CCCCC2)n1. The topological polar surface area (TPSA) is 62.4 Å². The fourth-order valence-electron chi connectivity index (χ4n) is 3.50. The molecule has 0 amide bonds. The van der Waals surface area contributed by atoms with Crippen molar-refractivity contribution >= 4 is 0 Å². The lowest BCUT2D eigenvalue weighted by molar-refractivity contribution is -0.0270. The van der Waals surface area contributed by atoms with Gasteiger partial charge in [0.05, 0.1) is 6.54 Å². The van der Waals surface area contributed by atoms with Crippen LogP contribution in [0.2, 0.25) is 0 Å². The van der Waals surface area contributed by atoms with Gasteiger partial charge >= 0.3 is 0 Å². The normalized spacial score (nSPS) is 19.0. The van der Waals surface area contributed by atoms with Crippen LogP contribution < -0.4 is 0 Å². The minimum Gasteiger partial charge on any atom is -0.375 e. The number of rotatable bonds is 5. The predicted molar refractivity (Wildman–Crippen MR) is 87.7 cm³/mol. The molecule has 5 nitrogen and oxygen atoms in total. The molecule has 1 aliphatic carbocycles. The highest BCUT2D eigenvalue weighted by atomic mass is 16.5. The van der Waals surface area contributed by atoms with E-state index in [1.54, 1.807) is 0 Å². The summed E-state index contributed by atoms with van der Waals surface area (Å²) in [7, 11) is 3.92. The molecule has 0 saturated heterocycles. The standard InChI is InChI=1S/C18H25N3O2/c1-21(2)13-16-19-17(23-20-16)18(22,14-9-5-3-6-10-14)15-11-7-4-8-12-15/h3,5-6,9-10,15,22H,4,7-8,11-13H2,1-2H3. The average molecular weight is 315 g/mol. The Kier molecular flexibility index (Phi) is 4.78. The molecule has 3 rings (SSSR count). The van der Waals surface area contributed by atoms with Crippen molar-refractivity contribution in [2.45, 2.75) is 44.2 Å². The number of hydrogen-bond donors (Lipinski definition) is 1. The number of benzene rings is 1. The van der Waals surface area contributed by atoms with Gasteiger partial charge < -0.3 is 14.5 Å². The predicted octanol–water partition coefficient (Wildman–Crippen LogP) is 2.95. The van der Waals surface area contributed by atoms with Crippen LogP contribution in [-0.2, 0) is 12.1 Å². The van der Waals surface area contributed by atoms with Gasteiger partial charge in [0, 0.05) is 5.92 Å². The van der Waals surface area contributed by atoms with E-state index >= 15 is 0 Å².